The van der Waals surface area contributed by atoms with Gasteiger partial charge in [0, 0.05) is 56.7 Å². The molecular formula is C23H28FN5O2. The lowest BCUT2D eigenvalue weighted by molar-refractivity contribution is -0.125. The zero-order valence-electron chi connectivity index (χ0n) is 17.8. The molecule has 1 saturated heterocycles. The van der Waals surface area contributed by atoms with E-state index in [1.54, 1.807) is 22.8 Å². The first-order valence-electron chi connectivity index (χ1n) is 10.9. The van der Waals surface area contributed by atoms with E-state index < -0.39 is 0 Å². The molecule has 3 heterocycles. The monoisotopic (exact) mass is 425 g/mol. The molecule has 31 heavy (non-hydrogen) atoms. The molecule has 1 aliphatic heterocycles. The maximum absolute atomic E-state index is 13.2. The normalized spacial score (nSPS) is 14.8. The lowest BCUT2D eigenvalue weighted by Crippen LogP contribution is -2.41. The summed E-state index contributed by atoms with van der Waals surface area (Å²) in [6.07, 6.45) is 5.97. The molecule has 0 atom stereocenters. The van der Waals surface area contributed by atoms with E-state index in [4.69, 9.17) is 4.74 Å². The summed E-state index contributed by atoms with van der Waals surface area (Å²) in [6.45, 7) is 5.53. The lowest BCUT2D eigenvalue weighted by atomic mass is 9.96. The molecule has 0 bridgehead atoms. The molecule has 1 amide bonds. The third-order valence-electron chi connectivity index (χ3n) is 5.64. The number of hydrogen-bond acceptors (Lipinski definition) is 5. The number of fused-ring (bicyclic) bond motifs is 1. The number of nitrogens with zero attached hydrogens (tertiary/aromatic N) is 4. The van der Waals surface area contributed by atoms with Gasteiger partial charge in [0.25, 0.3) is 0 Å². The maximum Gasteiger partial charge on any atom is 0.223 e. The van der Waals surface area contributed by atoms with Crippen molar-refractivity contribution in [3.05, 3.63) is 48.5 Å². The number of amides is 1. The quantitative estimate of drug-likeness (QED) is 0.561. The molecule has 2 aromatic heterocycles. The maximum atomic E-state index is 13.2. The minimum absolute atomic E-state index is 0.0303. The summed E-state index contributed by atoms with van der Waals surface area (Å²) in [5, 5.41) is 7.65. The first kappa shape index (κ1) is 21.2. The highest BCUT2D eigenvalue weighted by Crippen LogP contribution is 2.28. The van der Waals surface area contributed by atoms with Crippen LogP contribution in [0.1, 0.15) is 26.2 Å². The number of benzene rings is 1. The Balaban J connectivity index is 1.40. The van der Waals surface area contributed by atoms with Crippen LogP contribution in [0.5, 0.6) is 0 Å². The van der Waals surface area contributed by atoms with Gasteiger partial charge in [-0.25, -0.2) is 13.9 Å². The Morgan fingerprint density at radius 1 is 1.26 bits per heavy atom. The van der Waals surface area contributed by atoms with E-state index in [1.807, 2.05) is 19.2 Å². The third-order valence-corrected chi connectivity index (χ3v) is 5.64. The highest BCUT2D eigenvalue weighted by molar-refractivity contribution is 5.79. The summed E-state index contributed by atoms with van der Waals surface area (Å²) in [7, 11) is 0. The van der Waals surface area contributed by atoms with E-state index in [-0.39, 0.29) is 17.6 Å². The van der Waals surface area contributed by atoms with Crippen molar-refractivity contribution in [2.75, 3.05) is 37.7 Å². The average Bonchev–Trinajstić information content (AvgIpc) is 3.24. The molecule has 0 spiro atoms. The minimum Gasteiger partial charge on any atom is -0.382 e. The first-order valence-corrected chi connectivity index (χ1v) is 10.9. The Kier molecular flexibility index (Phi) is 6.76. The topological polar surface area (TPSA) is 71.8 Å². The number of aromatic nitrogens is 3. The van der Waals surface area contributed by atoms with Crippen LogP contribution in [0, 0.1) is 11.7 Å². The number of carbonyl (C=O) groups excluding carboxylic acids is 1. The summed E-state index contributed by atoms with van der Waals surface area (Å²) in [4.78, 5) is 19.2. The van der Waals surface area contributed by atoms with Crippen molar-refractivity contribution in [1.29, 1.82) is 0 Å². The van der Waals surface area contributed by atoms with E-state index in [0.29, 0.717) is 19.8 Å². The molecule has 0 unspecified atom stereocenters. The summed E-state index contributed by atoms with van der Waals surface area (Å²) in [6, 6.07) is 8.30. The van der Waals surface area contributed by atoms with Crippen LogP contribution in [0.4, 0.5) is 10.2 Å². The molecule has 4 rings (SSSR count). The zero-order valence-corrected chi connectivity index (χ0v) is 17.8. The second-order valence-corrected chi connectivity index (χ2v) is 7.72. The van der Waals surface area contributed by atoms with Crippen LogP contribution in [0.2, 0.25) is 0 Å². The molecule has 1 aromatic carbocycles. The van der Waals surface area contributed by atoms with E-state index >= 15 is 0 Å². The number of hydrogen-bond donors (Lipinski definition) is 1. The predicted molar refractivity (Wildman–Crippen MR) is 117 cm³/mol. The number of anilines is 1. The molecule has 3 aromatic rings. The van der Waals surface area contributed by atoms with Crippen LogP contribution in [0.25, 0.3) is 16.8 Å². The van der Waals surface area contributed by atoms with Gasteiger partial charge in [-0.1, -0.05) is 0 Å². The van der Waals surface area contributed by atoms with Crippen molar-refractivity contribution >= 4 is 17.2 Å². The van der Waals surface area contributed by atoms with E-state index in [0.717, 1.165) is 54.9 Å². The number of carbonyl (C=O) groups is 1. The highest BCUT2D eigenvalue weighted by Gasteiger charge is 2.26. The largest absolute Gasteiger partial charge is 0.382 e. The summed E-state index contributed by atoms with van der Waals surface area (Å²) >= 11 is 0. The molecule has 1 aliphatic rings. The molecule has 8 heteroatoms. The molecule has 7 nitrogen and oxygen atoms in total. The average molecular weight is 426 g/mol. The zero-order chi connectivity index (χ0) is 21.6. The van der Waals surface area contributed by atoms with Crippen molar-refractivity contribution in [3.8, 4) is 11.3 Å². The Hall–Kier alpha value is -3.00. The van der Waals surface area contributed by atoms with Gasteiger partial charge in [-0.05, 0) is 56.5 Å². The minimum atomic E-state index is -0.268. The van der Waals surface area contributed by atoms with Gasteiger partial charge in [-0.3, -0.25) is 4.79 Å². The van der Waals surface area contributed by atoms with Crippen molar-refractivity contribution in [1.82, 2.24) is 19.9 Å². The molecular weight excluding hydrogens is 397 g/mol. The molecule has 1 N–H and O–H groups in total. The molecule has 0 radical (unpaired) electrons. The number of ether oxygens (including phenoxy) is 1. The van der Waals surface area contributed by atoms with E-state index in [1.165, 1.54) is 12.1 Å². The van der Waals surface area contributed by atoms with Crippen molar-refractivity contribution in [2.24, 2.45) is 5.92 Å². The Morgan fingerprint density at radius 3 is 2.77 bits per heavy atom. The summed E-state index contributed by atoms with van der Waals surface area (Å²) in [5.74, 6) is 0.753. The number of piperidine rings is 1. The van der Waals surface area contributed by atoms with Crippen LogP contribution in [-0.2, 0) is 9.53 Å². The van der Waals surface area contributed by atoms with Crippen molar-refractivity contribution in [3.63, 3.8) is 0 Å². The van der Waals surface area contributed by atoms with Crippen molar-refractivity contribution in [2.45, 2.75) is 26.2 Å². The van der Waals surface area contributed by atoms with Gasteiger partial charge in [0.05, 0.1) is 5.69 Å². The fraction of sp³-hybridized carbons (Fsp3) is 0.435. The van der Waals surface area contributed by atoms with Crippen LogP contribution in [-0.4, -0.2) is 53.4 Å². The van der Waals surface area contributed by atoms with Crippen LogP contribution >= 0.6 is 0 Å². The predicted octanol–water partition coefficient (Wildman–Crippen LogP) is 3.29. The SMILES string of the molecule is CCOCCCNC(=O)C1CCN(c2nccn3nc(-c4ccc(F)cc4)cc23)CC1. The fourth-order valence-corrected chi connectivity index (χ4v) is 3.94. The van der Waals surface area contributed by atoms with Gasteiger partial charge in [0.2, 0.25) is 5.91 Å². The molecule has 164 valence electrons. The van der Waals surface area contributed by atoms with Gasteiger partial charge in [0.1, 0.15) is 11.3 Å². The molecule has 0 saturated carbocycles. The lowest BCUT2D eigenvalue weighted by Gasteiger charge is -2.32. The van der Waals surface area contributed by atoms with Gasteiger partial charge in [-0.15, -0.1) is 0 Å². The van der Waals surface area contributed by atoms with E-state index in [9.17, 15) is 9.18 Å². The summed E-state index contributed by atoms with van der Waals surface area (Å²) < 4.78 is 20.4. The third kappa shape index (κ3) is 5.02. The van der Waals surface area contributed by atoms with Crippen LogP contribution in [0.15, 0.2) is 42.7 Å². The van der Waals surface area contributed by atoms with Crippen molar-refractivity contribution < 1.29 is 13.9 Å². The fourth-order valence-electron chi connectivity index (χ4n) is 3.94. The Labute approximate surface area is 181 Å². The highest BCUT2D eigenvalue weighted by atomic mass is 19.1. The smallest absolute Gasteiger partial charge is 0.223 e. The van der Waals surface area contributed by atoms with Gasteiger partial charge >= 0.3 is 0 Å². The second kappa shape index (κ2) is 9.87. The standard InChI is InChI=1S/C23H28FN5O2/c1-2-31-15-3-10-26-23(30)18-8-12-28(13-9-18)22-21-16-20(27-29(21)14-11-25-22)17-4-6-19(24)7-5-17/h4-7,11,14,16,18H,2-3,8-10,12-13,15H2,1H3,(H,26,30). The second-order valence-electron chi connectivity index (χ2n) is 7.72. The number of halogens is 1. The number of rotatable bonds is 8. The Morgan fingerprint density at radius 2 is 2.03 bits per heavy atom. The van der Waals surface area contributed by atoms with Gasteiger partial charge in [-0.2, -0.15) is 5.10 Å². The summed E-state index contributed by atoms with van der Waals surface area (Å²) in [5.41, 5.74) is 2.53. The Bertz CT molecular complexity index is 1010. The van der Waals surface area contributed by atoms with Gasteiger partial charge < -0.3 is 15.0 Å². The molecule has 0 aliphatic carbocycles. The molecule has 1 fully saturated rings. The first-order chi connectivity index (χ1) is 15.2. The van der Waals surface area contributed by atoms with Crippen LogP contribution in [0.3, 0.4) is 0 Å². The van der Waals surface area contributed by atoms with Crippen LogP contribution < -0.4 is 10.2 Å². The number of nitrogens with one attached hydrogen (secondary N) is 1. The van der Waals surface area contributed by atoms with Gasteiger partial charge in [0.15, 0.2) is 5.82 Å². The van der Waals surface area contributed by atoms with E-state index in [2.05, 4.69) is 20.3 Å².